The van der Waals surface area contributed by atoms with Gasteiger partial charge in [0.2, 0.25) is 11.8 Å². The van der Waals surface area contributed by atoms with E-state index in [1.54, 1.807) is 6.92 Å². The normalized spacial score (nSPS) is 12.9. The van der Waals surface area contributed by atoms with Gasteiger partial charge in [-0.2, -0.15) is 0 Å². The Bertz CT molecular complexity index is 869. The number of nitrogens with one attached hydrogen (secondary N) is 2. The number of amides is 2. The van der Waals surface area contributed by atoms with Crippen molar-refractivity contribution in [1.29, 1.82) is 0 Å². The van der Waals surface area contributed by atoms with Crippen LogP contribution >= 0.6 is 0 Å². The lowest BCUT2D eigenvalue weighted by atomic mass is 10.0. The molecule has 4 N–H and O–H groups in total. The fourth-order valence-electron chi connectivity index (χ4n) is 3.37. The maximum absolute atomic E-state index is 13.6. The number of carbonyl (C=O) groups is 2. The van der Waals surface area contributed by atoms with Crippen LogP contribution in [0.1, 0.15) is 43.4 Å². The van der Waals surface area contributed by atoms with E-state index in [9.17, 15) is 18.4 Å². The molecule has 0 heterocycles. The minimum absolute atomic E-state index is 0.0272. The molecule has 1 unspecified atom stereocenters. The topological polar surface area (TPSA) is 84.2 Å². The molecule has 31 heavy (non-hydrogen) atoms. The summed E-state index contributed by atoms with van der Waals surface area (Å²) in [7, 11) is 0. The number of aryl methyl sites for hydroxylation is 1. The lowest BCUT2D eigenvalue weighted by Gasteiger charge is -2.20. The molecule has 0 bridgehead atoms. The predicted octanol–water partition coefficient (Wildman–Crippen LogP) is 3.25. The molecule has 0 spiro atoms. The molecule has 0 saturated carbocycles. The smallest absolute Gasteiger partial charge is 0.221 e. The van der Waals surface area contributed by atoms with Crippen LogP contribution in [0.3, 0.4) is 0 Å². The van der Waals surface area contributed by atoms with Gasteiger partial charge in [0, 0.05) is 31.0 Å². The second-order valence-corrected chi connectivity index (χ2v) is 7.89. The molecule has 0 fully saturated rings. The third kappa shape index (κ3) is 8.84. The minimum atomic E-state index is -0.656. The van der Waals surface area contributed by atoms with Crippen molar-refractivity contribution in [1.82, 2.24) is 10.6 Å². The Hall–Kier alpha value is -2.80. The first kappa shape index (κ1) is 24.5. The summed E-state index contributed by atoms with van der Waals surface area (Å²) < 4.78 is 27.1. The zero-order valence-electron chi connectivity index (χ0n) is 18.1. The van der Waals surface area contributed by atoms with Crippen molar-refractivity contribution in [2.75, 3.05) is 6.54 Å². The van der Waals surface area contributed by atoms with Gasteiger partial charge in [-0.25, -0.2) is 8.78 Å². The number of rotatable bonds is 12. The molecule has 0 saturated heterocycles. The number of primary amides is 1. The largest absolute Gasteiger partial charge is 0.369 e. The molecular weight excluding hydrogens is 400 g/mol. The summed E-state index contributed by atoms with van der Waals surface area (Å²) in [5.74, 6) is -2.76. The highest BCUT2D eigenvalue weighted by Gasteiger charge is 2.18. The van der Waals surface area contributed by atoms with E-state index in [4.69, 9.17) is 5.73 Å². The Morgan fingerprint density at radius 2 is 1.71 bits per heavy atom. The number of halogens is 2. The standard InChI is InChI=1S/C24H31F2N3O2/c1-3-17-5-4-6-18(10-17)15-28-8-7-22(29-23(30)9-16(2)24(27)31)13-19-11-20(25)14-21(26)12-19/h4-6,10-12,14,16,22,28H,3,7-9,13,15H2,1-2H3,(H2,27,31)(H,29,30)/t16?,22-/m0/s1. The van der Waals surface area contributed by atoms with Gasteiger partial charge < -0.3 is 16.4 Å². The second-order valence-electron chi connectivity index (χ2n) is 7.89. The van der Waals surface area contributed by atoms with E-state index in [2.05, 4.69) is 29.7 Å². The van der Waals surface area contributed by atoms with Crippen LogP contribution in [0, 0.1) is 17.6 Å². The van der Waals surface area contributed by atoms with Crippen molar-refractivity contribution in [3.05, 3.63) is 70.8 Å². The summed E-state index contributed by atoms with van der Waals surface area (Å²) in [6.07, 6.45) is 1.77. The first-order chi connectivity index (χ1) is 14.8. The second kappa shape index (κ2) is 12.2. The molecule has 2 atom stereocenters. The molecule has 5 nitrogen and oxygen atoms in total. The van der Waals surface area contributed by atoms with E-state index >= 15 is 0 Å². The number of carbonyl (C=O) groups excluding carboxylic acids is 2. The summed E-state index contributed by atoms with van der Waals surface area (Å²) in [4.78, 5) is 23.6. The fourth-order valence-corrected chi connectivity index (χ4v) is 3.37. The molecule has 2 aromatic carbocycles. The van der Waals surface area contributed by atoms with E-state index in [0.29, 0.717) is 25.1 Å². The Labute approximate surface area is 182 Å². The molecule has 0 aromatic heterocycles. The van der Waals surface area contributed by atoms with Crippen molar-refractivity contribution < 1.29 is 18.4 Å². The van der Waals surface area contributed by atoms with Crippen LogP contribution in [0.4, 0.5) is 8.78 Å². The highest BCUT2D eigenvalue weighted by atomic mass is 19.1. The van der Waals surface area contributed by atoms with Crippen LogP contribution in [0.5, 0.6) is 0 Å². The Balaban J connectivity index is 1.96. The van der Waals surface area contributed by atoms with Crippen LogP contribution < -0.4 is 16.4 Å². The third-order valence-corrected chi connectivity index (χ3v) is 5.15. The number of hydrogen-bond donors (Lipinski definition) is 3. The van der Waals surface area contributed by atoms with Crippen LogP contribution in [0.2, 0.25) is 0 Å². The van der Waals surface area contributed by atoms with Crippen molar-refractivity contribution in [3.63, 3.8) is 0 Å². The van der Waals surface area contributed by atoms with Gasteiger partial charge in [0.15, 0.2) is 0 Å². The monoisotopic (exact) mass is 431 g/mol. The van der Waals surface area contributed by atoms with Crippen molar-refractivity contribution in [2.45, 2.75) is 52.1 Å². The predicted molar refractivity (Wildman–Crippen MR) is 117 cm³/mol. The first-order valence-corrected chi connectivity index (χ1v) is 10.6. The molecule has 0 aliphatic carbocycles. The molecule has 2 amide bonds. The van der Waals surface area contributed by atoms with Gasteiger partial charge in [0.05, 0.1) is 0 Å². The molecule has 7 heteroatoms. The van der Waals surface area contributed by atoms with Crippen molar-refractivity contribution >= 4 is 11.8 Å². The van der Waals surface area contributed by atoms with E-state index in [1.165, 1.54) is 23.3 Å². The molecule has 168 valence electrons. The first-order valence-electron chi connectivity index (χ1n) is 10.6. The van der Waals surface area contributed by atoms with Crippen LogP contribution in [0.25, 0.3) is 0 Å². The average molecular weight is 432 g/mol. The molecule has 0 aliphatic heterocycles. The van der Waals surface area contributed by atoms with Gasteiger partial charge in [0.1, 0.15) is 11.6 Å². The van der Waals surface area contributed by atoms with Gasteiger partial charge in [0.25, 0.3) is 0 Å². The van der Waals surface area contributed by atoms with Crippen molar-refractivity contribution in [2.24, 2.45) is 11.7 Å². The van der Waals surface area contributed by atoms with E-state index in [0.717, 1.165) is 12.5 Å². The molecule has 2 rings (SSSR count). The van der Waals surface area contributed by atoms with Crippen LogP contribution in [-0.2, 0) is 29.0 Å². The third-order valence-electron chi connectivity index (χ3n) is 5.15. The average Bonchev–Trinajstić information content (AvgIpc) is 2.70. The van der Waals surface area contributed by atoms with E-state index in [1.807, 2.05) is 12.1 Å². The van der Waals surface area contributed by atoms with Crippen LogP contribution in [0.15, 0.2) is 42.5 Å². The quantitative estimate of drug-likeness (QED) is 0.451. The summed E-state index contributed by atoms with van der Waals surface area (Å²) in [6.45, 7) is 4.98. The fraction of sp³-hybridized carbons (Fsp3) is 0.417. The lowest BCUT2D eigenvalue weighted by Crippen LogP contribution is -2.40. The molecule has 0 radical (unpaired) electrons. The summed E-state index contributed by atoms with van der Waals surface area (Å²) in [5.41, 5.74) is 8.13. The lowest BCUT2D eigenvalue weighted by molar-refractivity contribution is -0.128. The number of benzene rings is 2. The molecule has 2 aromatic rings. The van der Waals surface area contributed by atoms with Gasteiger partial charge >= 0.3 is 0 Å². The van der Waals surface area contributed by atoms with Gasteiger partial charge in [-0.05, 0) is 54.6 Å². The summed E-state index contributed by atoms with van der Waals surface area (Å²) in [6, 6.07) is 11.3. The maximum Gasteiger partial charge on any atom is 0.221 e. The van der Waals surface area contributed by atoms with E-state index < -0.39 is 23.5 Å². The minimum Gasteiger partial charge on any atom is -0.369 e. The Morgan fingerprint density at radius 3 is 2.35 bits per heavy atom. The molecular formula is C24H31F2N3O2. The van der Waals surface area contributed by atoms with Gasteiger partial charge in [-0.15, -0.1) is 0 Å². The van der Waals surface area contributed by atoms with Gasteiger partial charge in [-0.3, -0.25) is 9.59 Å². The van der Waals surface area contributed by atoms with Crippen molar-refractivity contribution in [3.8, 4) is 0 Å². The number of nitrogens with two attached hydrogens (primary N) is 1. The maximum atomic E-state index is 13.6. The highest BCUT2D eigenvalue weighted by Crippen LogP contribution is 2.12. The van der Waals surface area contributed by atoms with E-state index in [-0.39, 0.29) is 24.8 Å². The summed E-state index contributed by atoms with van der Waals surface area (Å²) in [5, 5.41) is 6.23. The van der Waals surface area contributed by atoms with Crippen LogP contribution in [-0.4, -0.2) is 24.4 Å². The zero-order valence-corrected chi connectivity index (χ0v) is 18.1. The Morgan fingerprint density at radius 1 is 1.03 bits per heavy atom. The number of hydrogen-bond acceptors (Lipinski definition) is 3. The highest BCUT2D eigenvalue weighted by molar-refractivity contribution is 5.84. The summed E-state index contributed by atoms with van der Waals surface area (Å²) >= 11 is 0. The zero-order chi connectivity index (χ0) is 22.8. The van der Waals surface area contributed by atoms with Gasteiger partial charge in [-0.1, -0.05) is 38.1 Å². The SMILES string of the molecule is CCc1cccc(CNCC[C@@H](Cc2cc(F)cc(F)c2)NC(=O)CC(C)C(N)=O)c1. The Kier molecular flexibility index (Phi) is 9.59. The molecule has 0 aliphatic rings.